The minimum atomic E-state index is -0.277. The minimum Gasteiger partial charge on any atom is -0.313 e. The number of nitrogens with one attached hydrogen (secondary N) is 1. The standard InChI is InChI=1S/C15H14Cl2FN/c1-2-19-9-10-3-5-12(18)8-14(10)13-6-4-11(16)7-15(13)17/h3-8,19H,2,9H2,1H3. The van der Waals surface area contributed by atoms with Crippen molar-refractivity contribution in [2.45, 2.75) is 13.5 Å². The second-order valence-corrected chi connectivity index (χ2v) is 5.05. The summed E-state index contributed by atoms with van der Waals surface area (Å²) in [5.41, 5.74) is 2.59. The molecule has 0 spiro atoms. The smallest absolute Gasteiger partial charge is 0.123 e. The molecule has 0 fully saturated rings. The van der Waals surface area contributed by atoms with Crippen molar-refractivity contribution in [1.29, 1.82) is 0 Å². The molecular formula is C15H14Cl2FN. The van der Waals surface area contributed by atoms with Gasteiger partial charge in [-0.25, -0.2) is 4.39 Å². The molecule has 2 rings (SSSR count). The van der Waals surface area contributed by atoms with Gasteiger partial charge in [0.05, 0.1) is 0 Å². The maximum absolute atomic E-state index is 13.5. The van der Waals surface area contributed by atoms with E-state index in [1.54, 1.807) is 18.2 Å². The average Bonchev–Trinajstić information content (AvgIpc) is 2.37. The lowest BCUT2D eigenvalue weighted by atomic mass is 9.99. The number of rotatable bonds is 4. The lowest BCUT2D eigenvalue weighted by molar-refractivity contribution is 0.626. The molecule has 0 heterocycles. The van der Waals surface area contributed by atoms with E-state index in [0.717, 1.165) is 23.2 Å². The minimum absolute atomic E-state index is 0.277. The van der Waals surface area contributed by atoms with Gasteiger partial charge in [0.2, 0.25) is 0 Å². The number of halogens is 3. The Morgan fingerprint density at radius 1 is 1.05 bits per heavy atom. The van der Waals surface area contributed by atoms with Crippen LogP contribution in [0.1, 0.15) is 12.5 Å². The van der Waals surface area contributed by atoms with Gasteiger partial charge in [-0.3, -0.25) is 0 Å². The topological polar surface area (TPSA) is 12.0 Å². The molecule has 0 unspecified atom stereocenters. The first kappa shape index (κ1) is 14.3. The summed E-state index contributed by atoms with van der Waals surface area (Å²) < 4.78 is 13.5. The van der Waals surface area contributed by atoms with Gasteiger partial charge in [-0.15, -0.1) is 0 Å². The van der Waals surface area contributed by atoms with E-state index < -0.39 is 0 Å². The summed E-state index contributed by atoms with van der Waals surface area (Å²) in [4.78, 5) is 0. The van der Waals surface area contributed by atoms with Crippen LogP contribution in [0.2, 0.25) is 10.0 Å². The molecule has 0 atom stereocenters. The van der Waals surface area contributed by atoms with Crippen molar-refractivity contribution in [3.05, 3.63) is 57.8 Å². The van der Waals surface area contributed by atoms with Crippen LogP contribution in [0.5, 0.6) is 0 Å². The number of benzene rings is 2. The molecule has 0 aliphatic heterocycles. The van der Waals surface area contributed by atoms with Crippen LogP contribution in [0.4, 0.5) is 4.39 Å². The van der Waals surface area contributed by atoms with Crippen molar-refractivity contribution in [1.82, 2.24) is 5.32 Å². The molecule has 0 saturated carbocycles. The molecule has 0 aromatic heterocycles. The Kier molecular flexibility index (Phi) is 4.81. The van der Waals surface area contributed by atoms with Gasteiger partial charge >= 0.3 is 0 Å². The van der Waals surface area contributed by atoms with Crippen LogP contribution in [-0.2, 0) is 6.54 Å². The third-order valence-electron chi connectivity index (χ3n) is 2.86. The lowest BCUT2D eigenvalue weighted by Gasteiger charge is -2.12. The highest BCUT2D eigenvalue weighted by Gasteiger charge is 2.10. The molecule has 19 heavy (non-hydrogen) atoms. The van der Waals surface area contributed by atoms with Gasteiger partial charge in [-0.1, -0.05) is 42.3 Å². The molecule has 0 saturated heterocycles. The summed E-state index contributed by atoms with van der Waals surface area (Å²) in [6, 6.07) is 9.97. The SMILES string of the molecule is CCNCc1ccc(F)cc1-c1ccc(Cl)cc1Cl. The van der Waals surface area contributed by atoms with Gasteiger partial charge in [0.15, 0.2) is 0 Å². The van der Waals surface area contributed by atoms with E-state index in [2.05, 4.69) is 5.32 Å². The Labute approximate surface area is 122 Å². The van der Waals surface area contributed by atoms with Crippen molar-refractivity contribution in [2.24, 2.45) is 0 Å². The van der Waals surface area contributed by atoms with Gasteiger partial charge in [0.1, 0.15) is 5.82 Å². The molecule has 0 aliphatic carbocycles. The van der Waals surface area contributed by atoms with Crippen LogP contribution < -0.4 is 5.32 Å². The molecule has 4 heteroatoms. The normalized spacial score (nSPS) is 10.7. The van der Waals surface area contributed by atoms with Crippen molar-refractivity contribution in [3.8, 4) is 11.1 Å². The van der Waals surface area contributed by atoms with Crippen LogP contribution in [0, 0.1) is 5.82 Å². The van der Waals surface area contributed by atoms with Crippen molar-refractivity contribution in [3.63, 3.8) is 0 Å². The third kappa shape index (κ3) is 3.47. The molecule has 1 N–H and O–H groups in total. The van der Waals surface area contributed by atoms with Crippen LogP contribution in [0.3, 0.4) is 0 Å². The van der Waals surface area contributed by atoms with E-state index in [9.17, 15) is 4.39 Å². The highest BCUT2D eigenvalue weighted by Crippen LogP contribution is 2.33. The van der Waals surface area contributed by atoms with E-state index >= 15 is 0 Å². The highest BCUT2D eigenvalue weighted by atomic mass is 35.5. The van der Waals surface area contributed by atoms with Crippen molar-refractivity contribution in [2.75, 3.05) is 6.54 Å². The summed E-state index contributed by atoms with van der Waals surface area (Å²) in [7, 11) is 0. The summed E-state index contributed by atoms with van der Waals surface area (Å²) in [5.74, 6) is -0.277. The first-order chi connectivity index (χ1) is 9.11. The Morgan fingerprint density at radius 3 is 2.53 bits per heavy atom. The zero-order valence-electron chi connectivity index (χ0n) is 10.5. The molecule has 0 amide bonds. The molecule has 0 radical (unpaired) electrons. The van der Waals surface area contributed by atoms with Gasteiger partial charge in [0.25, 0.3) is 0 Å². The molecule has 100 valence electrons. The van der Waals surface area contributed by atoms with E-state index in [0.29, 0.717) is 16.6 Å². The largest absolute Gasteiger partial charge is 0.313 e. The lowest BCUT2D eigenvalue weighted by Crippen LogP contribution is -2.12. The molecule has 0 bridgehead atoms. The fraction of sp³-hybridized carbons (Fsp3) is 0.200. The average molecular weight is 298 g/mol. The summed E-state index contributed by atoms with van der Waals surface area (Å²) in [6.07, 6.45) is 0. The summed E-state index contributed by atoms with van der Waals surface area (Å²) in [5, 5.41) is 4.33. The highest BCUT2D eigenvalue weighted by molar-refractivity contribution is 6.36. The molecule has 2 aromatic rings. The monoisotopic (exact) mass is 297 g/mol. The third-order valence-corrected chi connectivity index (χ3v) is 3.41. The van der Waals surface area contributed by atoms with Crippen LogP contribution in [-0.4, -0.2) is 6.54 Å². The first-order valence-corrected chi connectivity index (χ1v) is 6.82. The van der Waals surface area contributed by atoms with Crippen LogP contribution >= 0.6 is 23.2 Å². The van der Waals surface area contributed by atoms with E-state index in [-0.39, 0.29) is 5.82 Å². The van der Waals surface area contributed by atoms with E-state index in [1.807, 2.05) is 13.0 Å². The Hall–Kier alpha value is -1.09. The van der Waals surface area contributed by atoms with Crippen molar-refractivity contribution >= 4 is 23.2 Å². The first-order valence-electron chi connectivity index (χ1n) is 6.06. The summed E-state index contributed by atoms with van der Waals surface area (Å²) in [6.45, 7) is 3.55. The Bertz CT molecular complexity index is 584. The molecular weight excluding hydrogens is 284 g/mol. The number of hydrogen-bond acceptors (Lipinski definition) is 1. The number of hydrogen-bond donors (Lipinski definition) is 1. The second kappa shape index (κ2) is 6.38. The maximum atomic E-state index is 13.5. The van der Waals surface area contributed by atoms with Crippen molar-refractivity contribution < 1.29 is 4.39 Å². The predicted molar refractivity (Wildman–Crippen MR) is 79.2 cm³/mol. The Morgan fingerprint density at radius 2 is 1.84 bits per heavy atom. The molecule has 0 aliphatic rings. The van der Waals surface area contributed by atoms with E-state index in [1.165, 1.54) is 12.1 Å². The summed E-state index contributed by atoms with van der Waals surface area (Å²) >= 11 is 12.1. The maximum Gasteiger partial charge on any atom is 0.123 e. The zero-order chi connectivity index (χ0) is 13.8. The quantitative estimate of drug-likeness (QED) is 0.845. The predicted octanol–water partition coefficient (Wildman–Crippen LogP) is 4.91. The molecule has 1 nitrogen and oxygen atoms in total. The molecule has 2 aromatic carbocycles. The Balaban J connectivity index is 2.49. The van der Waals surface area contributed by atoms with Crippen LogP contribution in [0.25, 0.3) is 11.1 Å². The van der Waals surface area contributed by atoms with Gasteiger partial charge < -0.3 is 5.32 Å². The van der Waals surface area contributed by atoms with Crippen LogP contribution in [0.15, 0.2) is 36.4 Å². The van der Waals surface area contributed by atoms with Gasteiger partial charge in [-0.2, -0.15) is 0 Å². The van der Waals surface area contributed by atoms with Gasteiger partial charge in [-0.05, 0) is 41.9 Å². The second-order valence-electron chi connectivity index (χ2n) is 4.21. The fourth-order valence-corrected chi connectivity index (χ4v) is 2.43. The zero-order valence-corrected chi connectivity index (χ0v) is 12.0. The fourth-order valence-electron chi connectivity index (χ4n) is 1.92. The van der Waals surface area contributed by atoms with E-state index in [4.69, 9.17) is 23.2 Å². The van der Waals surface area contributed by atoms with Gasteiger partial charge in [0, 0.05) is 22.2 Å².